The molecule has 0 saturated carbocycles. The summed E-state index contributed by atoms with van der Waals surface area (Å²) < 4.78 is 14.5. The molecular formula is C10H11FN2O. The van der Waals surface area contributed by atoms with E-state index in [4.69, 9.17) is 5.11 Å². The number of imidazole rings is 1. The Hall–Kier alpha value is -1.42. The first-order chi connectivity index (χ1) is 6.76. The first-order valence-electron chi connectivity index (χ1n) is 4.52. The SMILES string of the molecule is CCc1nc(CO)n2cc(F)ccc12. The van der Waals surface area contributed by atoms with Crippen molar-refractivity contribution in [3.8, 4) is 0 Å². The molecule has 0 fully saturated rings. The van der Waals surface area contributed by atoms with Crippen molar-refractivity contribution >= 4 is 5.52 Å². The Morgan fingerprint density at radius 2 is 2.29 bits per heavy atom. The number of fused-ring (bicyclic) bond motifs is 1. The molecule has 0 aromatic carbocycles. The monoisotopic (exact) mass is 194 g/mol. The summed E-state index contributed by atoms with van der Waals surface area (Å²) in [7, 11) is 0. The molecule has 0 saturated heterocycles. The Labute approximate surface area is 80.8 Å². The van der Waals surface area contributed by atoms with Gasteiger partial charge in [0.15, 0.2) is 0 Å². The number of hydrogen-bond donors (Lipinski definition) is 1. The van der Waals surface area contributed by atoms with Crippen molar-refractivity contribution in [3.63, 3.8) is 0 Å². The maximum atomic E-state index is 12.9. The molecule has 14 heavy (non-hydrogen) atoms. The molecule has 0 bridgehead atoms. The molecule has 4 heteroatoms. The lowest BCUT2D eigenvalue weighted by Crippen LogP contribution is -1.94. The Morgan fingerprint density at radius 1 is 1.50 bits per heavy atom. The molecule has 2 aromatic rings. The highest BCUT2D eigenvalue weighted by molar-refractivity contribution is 5.53. The van der Waals surface area contributed by atoms with E-state index in [1.54, 1.807) is 10.5 Å². The van der Waals surface area contributed by atoms with Gasteiger partial charge < -0.3 is 5.11 Å². The van der Waals surface area contributed by atoms with E-state index in [0.717, 1.165) is 17.6 Å². The first kappa shape index (κ1) is 9.15. The number of hydrogen-bond acceptors (Lipinski definition) is 2. The van der Waals surface area contributed by atoms with Gasteiger partial charge in [-0.05, 0) is 18.6 Å². The van der Waals surface area contributed by atoms with Gasteiger partial charge in [-0.15, -0.1) is 0 Å². The lowest BCUT2D eigenvalue weighted by molar-refractivity contribution is 0.270. The van der Waals surface area contributed by atoms with Crippen molar-refractivity contribution in [2.45, 2.75) is 20.0 Å². The molecule has 0 amide bonds. The molecule has 0 atom stereocenters. The number of aliphatic hydroxyl groups is 1. The van der Waals surface area contributed by atoms with Crippen LogP contribution in [0.3, 0.4) is 0 Å². The lowest BCUT2D eigenvalue weighted by atomic mass is 10.3. The van der Waals surface area contributed by atoms with Gasteiger partial charge in [0.2, 0.25) is 0 Å². The molecule has 74 valence electrons. The number of nitrogens with zero attached hydrogens (tertiary/aromatic N) is 2. The quantitative estimate of drug-likeness (QED) is 0.787. The second-order valence-electron chi connectivity index (χ2n) is 3.09. The van der Waals surface area contributed by atoms with Crippen molar-refractivity contribution in [1.29, 1.82) is 0 Å². The third-order valence-electron chi connectivity index (χ3n) is 2.23. The van der Waals surface area contributed by atoms with Gasteiger partial charge in [0.25, 0.3) is 0 Å². The van der Waals surface area contributed by atoms with Crippen LogP contribution in [0.1, 0.15) is 18.4 Å². The minimum Gasteiger partial charge on any atom is -0.388 e. The predicted molar refractivity (Wildman–Crippen MR) is 50.5 cm³/mol. The van der Waals surface area contributed by atoms with Gasteiger partial charge in [-0.2, -0.15) is 0 Å². The Kier molecular flexibility index (Phi) is 2.21. The molecule has 1 N–H and O–H groups in total. The number of aryl methyl sites for hydroxylation is 1. The molecule has 0 spiro atoms. The van der Waals surface area contributed by atoms with Gasteiger partial charge in [0, 0.05) is 6.20 Å². The maximum Gasteiger partial charge on any atom is 0.139 e. The van der Waals surface area contributed by atoms with Crippen molar-refractivity contribution < 1.29 is 9.50 Å². The largest absolute Gasteiger partial charge is 0.388 e. The number of rotatable bonds is 2. The van der Waals surface area contributed by atoms with E-state index in [1.165, 1.54) is 12.3 Å². The standard InChI is InChI=1S/C10H11FN2O/c1-2-8-9-4-3-7(11)5-13(9)10(6-14)12-8/h3-5,14H,2,6H2,1H3. The van der Waals surface area contributed by atoms with Gasteiger partial charge in [0.1, 0.15) is 18.2 Å². The van der Waals surface area contributed by atoms with Crippen LogP contribution in [0.25, 0.3) is 5.52 Å². The predicted octanol–water partition coefficient (Wildman–Crippen LogP) is 1.53. The summed E-state index contributed by atoms with van der Waals surface area (Å²) in [6.07, 6.45) is 2.11. The zero-order valence-electron chi connectivity index (χ0n) is 7.87. The van der Waals surface area contributed by atoms with E-state index in [9.17, 15) is 4.39 Å². The third-order valence-corrected chi connectivity index (χ3v) is 2.23. The summed E-state index contributed by atoms with van der Waals surface area (Å²) in [4.78, 5) is 4.21. The van der Waals surface area contributed by atoms with E-state index in [2.05, 4.69) is 4.98 Å². The summed E-state index contributed by atoms with van der Waals surface area (Å²) in [6.45, 7) is 1.80. The zero-order chi connectivity index (χ0) is 10.1. The fraction of sp³-hybridized carbons (Fsp3) is 0.300. The fourth-order valence-corrected chi connectivity index (χ4v) is 1.56. The van der Waals surface area contributed by atoms with Crippen LogP contribution >= 0.6 is 0 Å². The third kappa shape index (κ3) is 1.28. The summed E-state index contributed by atoms with van der Waals surface area (Å²) >= 11 is 0. The second-order valence-corrected chi connectivity index (χ2v) is 3.09. The van der Waals surface area contributed by atoms with E-state index >= 15 is 0 Å². The number of aromatic nitrogens is 2. The molecule has 0 radical (unpaired) electrons. The first-order valence-corrected chi connectivity index (χ1v) is 4.52. The maximum absolute atomic E-state index is 12.9. The van der Waals surface area contributed by atoms with E-state index in [-0.39, 0.29) is 12.4 Å². The Bertz CT molecular complexity index is 464. The van der Waals surface area contributed by atoms with E-state index in [0.29, 0.717) is 5.82 Å². The van der Waals surface area contributed by atoms with Crippen LogP contribution in [0.15, 0.2) is 18.3 Å². The number of aliphatic hydroxyl groups excluding tert-OH is 1. The zero-order valence-corrected chi connectivity index (χ0v) is 7.87. The van der Waals surface area contributed by atoms with Gasteiger partial charge in [-0.3, -0.25) is 4.40 Å². The van der Waals surface area contributed by atoms with E-state index < -0.39 is 0 Å². The van der Waals surface area contributed by atoms with Gasteiger partial charge >= 0.3 is 0 Å². The summed E-state index contributed by atoms with van der Waals surface area (Å²) in [5, 5.41) is 9.03. The number of pyridine rings is 1. The lowest BCUT2D eigenvalue weighted by Gasteiger charge is -1.97. The molecule has 2 aromatic heterocycles. The molecule has 0 unspecified atom stereocenters. The average Bonchev–Trinajstić information content (AvgIpc) is 2.55. The van der Waals surface area contributed by atoms with Gasteiger partial charge in [-0.1, -0.05) is 6.92 Å². The van der Waals surface area contributed by atoms with Crippen molar-refractivity contribution in [2.24, 2.45) is 0 Å². The van der Waals surface area contributed by atoms with Gasteiger partial charge in [-0.25, -0.2) is 9.37 Å². The van der Waals surface area contributed by atoms with Crippen molar-refractivity contribution in [1.82, 2.24) is 9.38 Å². The van der Waals surface area contributed by atoms with Crippen LogP contribution in [0.5, 0.6) is 0 Å². The minimum atomic E-state index is -0.327. The fourth-order valence-electron chi connectivity index (χ4n) is 1.56. The Balaban J connectivity index is 2.75. The van der Waals surface area contributed by atoms with Crippen molar-refractivity contribution in [3.05, 3.63) is 35.7 Å². The number of halogens is 1. The molecule has 0 aliphatic heterocycles. The normalized spacial score (nSPS) is 11.1. The van der Waals surface area contributed by atoms with Crippen LogP contribution in [-0.2, 0) is 13.0 Å². The highest BCUT2D eigenvalue weighted by Crippen LogP contribution is 2.14. The smallest absolute Gasteiger partial charge is 0.139 e. The highest BCUT2D eigenvalue weighted by atomic mass is 19.1. The summed E-state index contributed by atoms with van der Waals surface area (Å²) in [6, 6.07) is 3.08. The van der Waals surface area contributed by atoms with E-state index in [1.807, 2.05) is 6.92 Å². The topological polar surface area (TPSA) is 37.5 Å². The van der Waals surface area contributed by atoms with Crippen LogP contribution < -0.4 is 0 Å². The molecular weight excluding hydrogens is 183 g/mol. The molecule has 0 aliphatic rings. The summed E-state index contributed by atoms with van der Waals surface area (Å²) in [5.74, 6) is 0.156. The molecule has 3 nitrogen and oxygen atoms in total. The van der Waals surface area contributed by atoms with Crippen LogP contribution in [-0.4, -0.2) is 14.5 Å². The van der Waals surface area contributed by atoms with Crippen molar-refractivity contribution in [2.75, 3.05) is 0 Å². The molecule has 2 heterocycles. The summed E-state index contributed by atoms with van der Waals surface area (Å²) in [5.41, 5.74) is 1.74. The second kappa shape index (κ2) is 3.38. The Morgan fingerprint density at radius 3 is 2.93 bits per heavy atom. The molecule has 0 aliphatic carbocycles. The minimum absolute atomic E-state index is 0.176. The van der Waals surface area contributed by atoms with Crippen LogP contribution in [0.2, 0.25) is 0 Å². The highest BCUT2D eigenvalue weighted by Gasteiger charge is 2.08. The van der Waals surface area contributed by atoms with Gasteiger partial charge in [0.05, 0.1) is 11.2 Å². The van der Waals surface area contributed by atoms with Crippen LogP contribution in [0.4, 0.5) is 4.39 Å². The average molecular weight is 194 g/mol. The van der Waals surface area contributed by atoms with Crippen LogP contribution in [0, 0.1) is 5.82 Å². The molecule has 2 rings (SSSR count).